The number of fused-ring (bicyclic) bond motifs is 2. The molecule has 0 unspecified atom stereocenters. The Balaban J connectivity index is 1.60. The standard InChI is InChI=1S/C23H16ClNO3/c24-19-11-5-6-12-20(19)25-21(26)14-28-23(27)22-17-9-3-1-7-15(17)13-16-8-2-4-10-18(16)22/h1-13H,14H2,(H,25,26). The quantitative estimate of drug-likeness (QED) is 0.373. The van der Waals surface area contributed by atoms with Crippen LogP contribution in [0, 0.1) is 0 Å². The van der Waals surface area contributed by atoms with Crippen LogP contribution in [0.25, 0.3) is 21.5 Å². The van der Waals surface area contributed by atoms with Crippen molar-refractivity contribution in [2.24, 2.45) is 0 Å². The topological polar surface area (TPSA) is 55.4 Å². The molecule has 0 aliphatic rings. The van der Waals surface area contributed by atoms with Crippen molar-refractivity contribution >= 4 is 50.7 Å². The van der Waals surface area contributed by atoms with E-state index in [0.717, 1.165) is 21.5 Å². The number of ether oxygens (including phenoxy) is 1. The highest BCUT2D eigenvalue weighted by atomic mass is 35.5. The second kappa shape index (κ2) is 7.71. The normalized spacial score (nSPS) is 10.8. The number of hydrogen-bond acceptors (Lipinski definition) is 3. The highest BCUT2D eigenvalue weighted by molar-refractivity contribution is 6.33. The summed E-state index contributed by atoms with van der Waals surface area (Å²) in [6.45, 7) is -0.401. The molecule has 0 bridgehead atoms. The summed E-state index contributed by atoms with van der Waals surface area (Å²) in [7, 11) is 0. The summed E-state index contributed by atoms with van der Waals surface area (Å²) in [5.74, 6) is -0.992. The van der Waals surface area contributed by atoms with Crippen molar-refractivity contribution in [3.05, 3.63) is 89.4 Å². The molecule has 0 heterocycles. The smallest absolute Gasteiger partial charge is 0.339 e. The van der Waals surface area contributed by atoms with Crippen molar-refractivity contribution in [3.8, 4) is 0 Å². The third-order valence-electron chi connectivity index (χ3n) is 4.46. The van der Waals surface area contributed by atoms with Gasteiger partial charge in [-0.25, -0.2) is 4.79 Å². The molecule has 5 heteroatoms. The first kappa shape index (κ1) is 18.0. The summed E-state index contributed by atoms with van der Waals surface area (Å²) >= 11 is 6.04. The van der Waals surface area contributed by atoms with Gasteiger partial charge in [-0.1, -0.05) is 72.3 Å². The molecule has 4 rings (SSSR count). The highest BCUT2D eigenvalue weighted by Gasteiger charge is 2.17. The lowest BCUT2D eigenvalue weighted by atomic mass is 9.97. The van der Waals surface area contributed by atoms with Gasteiger partial charge in [0.1, 0.15) is 0 Å². The first-order valence-electron chi connectivity index (χ1n) is 8.75. The molecule has 138 valence electrons. The third kappa shape index (κ3) is 3.55. The predicted octanol–water partition coefficient (Wildman–Crippen LogP) is 5.44. The molecule has 1 amide bonds. The summed E-state index contributed by atoms with van der Waals surface area (Å²) in [4.78, 5) is 25.0. The second-order valence-corrected chi connectivity index (χ2v) is 6.71. The van der Waals surface area contributed by atoms with Gasteiger partial charge in [-0.05, 0) is 39.7 Å². The van der Waals surface area contributed by atoms with Gasteiger partial charge in [0.2, 0.25) is 0 Å². The summed E-state index contributed by atoms with van der Waals surface area (Å²) in [6.07, 6.45) is 0. The van der Waals surface area contributed by atoms with Gasteiger partial charge in [0.15, 0.2) is 6.61 Å². The Labute approximate surface area is 166 Å². The van der Waals surface area contributed by atoms with Gasteiger partial charge < -0.3 is 10.1 Å². The van der Waals surface area contributed by atoms with E-state index in [1.807, 2.05) is 54.6 Å². The van der Waals surface area contributed by atoms with Crippen LogP contribution in [0.4, 0.5) is 5.69 Å². The second-order valence-electron chi connectivity index (χ2n) is 6.30. The molecule has 4 aromatic rings. The van der Waals surface area contributed by atoms with E-state index in [1.165, 1.54) is 0 Å². The van der Waals surface area contributed by atoms with E-state index in [0.29, 0.717) is 16.3 Å². The Hall–Kier alpha value is -3.37. The Kier molecular flexibility index (Phi) is 4.96. The van der Waals surface area contributed by atoms with Crippen LogP contribution in [-0.2, 0) is 9.53 Å². The van der Waals surface area contributed by atoms with Crippen LogP contribution >= 0.6 is 11.6 Å². The van der Waals surface area contributed by atoms with Gasteiger partial charge in [0.05, 0.1) is 16.3 Å². The number of hydrogen-bond donors (Lipinski definition) is 1. The zero-order chi connectivity index (χ0) is 19.5. The van der Waals surface area contributed by atoms with E-state index >= 15 is 0 Å². The Morgan fingerprint density at radius 1 is 0.821 bits per heavy atom. The van der Waals surface area contributed by atoms with E-state index in [9.17, 15) is 9.59 Å². The largest absolute Gasteiger partial charge is 0.452 e. The molecule has 4 nitrogen and oxygen atoms in total. The summed E-state index contributed by atoms with van der Waals surface area (Å²) in [6, 6.07) is 24.1. The maximum atomic E-state index is 12.9. The molecule has 0 aliphatic heterocycles. The van der Waals surface area contributed by atoms with E-state index in [4.69, 9.17) is 16.3 Å². The monoisotopic (exact) mass is 389 g/mol. The maximum absolute atomic E-state index is 12.9. The van der Waals surface area contributed by atoms with Gasteiger partial charge in [0, 0.05) is 0 Å². The Bertz CT molecular complexity index is 1150. The highest BCUT2D eigenvalue weighted by Crippen LogP contribution is 2.29. The first-order chi connectivity index (χ1) is 13.6. The van der Waals surface area contributed by atoms with Crippen LogP contribution in [0.2, 0.25) is 5.02 Å². The number of para-hydroxylation sites is 1. The number of benzene rings is 4. The molecule has 0 atom stereocenters. The fraction of sp³-hybridized carbons (Fsp3) is 0.0435. The number of anilines is 1. The van der Waals surface area contributed by atoms with Crippen LogP contribution in [0.1, 0.15) is 10.4 Å². The van der Waals surface area contributed by atoms with Gasteiger partial charge in [-0.15, -0.1) is 0 Å². The number of esters is 1. The SMILES string of the molecule is O=C(COC(=O)c1c2ccccc2cc2ccccc12)Nc1ccccc1Cl. The summed E-state index contributed by atoms with van der Waals surface area (Å²) < 4.78 is 5.32. The number of amides is 1. The molecule has 0 saturated heterocycles. The van der Waals surface area contributed by atoms with Crippen molar-refractivity contribution in [2.45, 2.75) is 0 Å². The minimum atomic E-state index is -0.540. The number of carbonyl (C=O) groups excluding carboxylic acids is 2. The van der Waals surface area contributed by atoms with Crippen molar-refractivity contribution < 1.29 is 14.3 Å². The lowest BCUT2D eigenvalue weighted by Crippen LogP contribution is -2.21. The van der Waals surface area contributed by atoms with Crippen molar-refractivity contribution in [3.63, 3.8) is 0 Å². The van der Waals surface area contributed by atoms with E-state index in [2.05, 4.69) is 5.32 Å². The van der Waals surface area contributed by atoms with Gasteiger partial charge in [0.25, 0.3) is 5.91 Å². The summed E-state index contributed by atoms with van der Waals surface area (Å²) in [5, 5.41) is 6.52. The Morgan fingerprint density at radius 3 is 2.04 bits per heavy atom. The van der Waals surface area contributed by atoms with Crippen LogP contribution in [0.5, 0.6) is 0 Å². The van der Waals surface area contributed by atoms with E-state index in [-0.39, 0.29) is 0 Å². The Morgan fingerprint density at radius 2 is 1.39 bits per heavy atom. The van der Waals surface area contributed by atoms with Crippen LogP contribution < -0.4 is 5.32 Å². The number of halogens is 1. The number of nitrogens with one attached hydrogen (secondary N) is 1. The van der Waals surface area contributed by atoms with Gasteiger partial charge in [-0.3, -0.25) is 4.79 Å². The van der Waals surface area contributed by atoms with Crippen molar-refractivity contribution in [1.29, 1.82) is 0 Å². The molecule has 0 saturated carbocycles. The molecule has 0 spiro atoms. The average Bonchev–Trinajstić information content (AvgIpc) is 2.72. The average molecular weight is 390 g/mol. The third-order valence-corrected chi connectivity index (χ3v) is 4.79. The first-order valence-corrected chi connectivity index (χ1v) is 9.13. The lowest BCUT2D eigenvalue weighted by Gasteiger charge is -2.12. The van der Waals surface area contributed by atoms with E-state index in [1.54, 1.807) is 24.3 Å². The molecule has 0 aromatic heterocycles. The molecule has 0 aliphatic carbocycles. The summed E-state index contributed by atoms with van der Waals surface area (Å²) in [5.41, 5.74) is 0.931. The zero-order valence-electron chi connectivity index (χ0n) is 14.8. The van der Waals surface area contributed by atoms with Gasteiger partial charge >= 0.3 is 5.97 Å². The number of carbonyl (C=O) groups is 2. The molecule has 28 heavy (non-hydrogen) atoms. The minimum absolute atomic E-state index is 0.401. The fourth-order valence-electron chi connectivity index (χ4n) is 3.19. The van der Waals surface area contributed by atoms with Crippen LogP contribution in [0.15, 0.2) is 78.9 Å². The van der Waals surface area contributed by atoms with Crippen LogP contribution in [-0.4, -0.2) is 18.5 Å². The maximum Gasteiger partial charge on any atom is 0.339 e. The molecule has 4 aromatic carbocycles. The number of rotatable bonds is 4. The fourth-order valence-corrected chi connectivity index (χ4v) is 3.37. The van der Waals surface area contributed by atoms with E-state index < -0.39 is 18.5 Å². The molecule has 0 radical (unpaired) electrons. The molecular weight excluding hydrogens is 374 g/mol. The van der Waals surface area contributed by atoms with Gasteiger partial charge in [-0.2, -0.15) is 0 Å². The van der Waals surface area contributed by atoms with Crippen molar-refractivity contribution in [1.82, 2.24) is 0 Å². The lowest BCUT2D eigenvalue weighted by molar-refractivity contribution is -0.119. The molecule has 1 N–H and O–H groups in total. The van der Waals surface area contributed by atoms with Crippen LogP contribution in [0.3, 0.4) is 0 Å². The molecule has 0 fully saturated rings. The minimum Gasteiger partial charge on any atom is -0.452 e. The predicted molar refractivity (Wildman–Crippen MR) is 112 cm³/mol. The van der Waals surface area contributed by atoms with Crippen molar-refractivity contribution in [2.75, 3.05) is 11.9 Å². The zero-order valence-corrected chi connectivity index (χ0v) is 15.6. The molecular formula is C23H16ClNO3.